The molecule has 1 N–H and O–H groups in total. The van der Waals surface area contributed by atoms with E-state index in [4.69, 9.17) is 0 Å². The third kappa shape index (κ3) is 2.68. The number of aryl methyl sites for hydroxylation is 1. The van der Waals surface area contributed by atoms with E-state index in [0.29, 0.717) is 12.1 Å². The molecule has 0 fully saturated rings. The number of pyridine rings is 1. The number of hydrogen-bond donors (Lipinski definition) is 1. The van der Waals surface area contributed by atoms with Gasteiger partial charge in [0.1, 0.15) is 5.82 Å². The molecule has 0 aliphatic heterocycles. The van der Waals surface area contributed by atoms with Crippen LogP contribution in [0.1, 0.15) is 11.3 Å². The maximum Gasteiger partial charge on any atom is 0.131 e. The van der Waals surface area contributed by atoms with Crippen molar-refractivity contribution in [2.75, 3.05) is 7.05 Å². The lowest BCUT2D eigenvalue weighted by atomic mass is 10.0. The number of nitrogens with zero attached hydrogens (tertiary/aromatic N) is 1. The van der Waals surface area contributed by atoms with Gasteiger partial charge in [0.2, 0.25) is 0 Å². The Bertz CT molecular complexity index is 523. The zero-order valence-corrected chi connectivity index (χ0v) is 10.00. The van der Waals surface area contributed by atoms with Gasteiger partial charge >= 0.3 is 0 Å². The van der Waals surface area contributed by atoms with Gasteiger partial charge in [-0.15, -0.1) is 0 Å². The Morgan fingerprint density at radius 3 is 2.71 bits per heavy atom. The van der Waals surface area contributed by atoms with Crippen molar-refractivity contribution < 1.29 is 4.39 Å². The molecule has 88 valence electrons. The van der Waals surface area contributed by atoms with Gasteiger partial charge in [-0.05, 0) is 43.3 Å². The van der Waals surface area contributed by atoms with Crippen molar-refractivity contribution in [3.63, 3.8) is 0 Å². The topological polar surface area (TPSA) is 24.9 Å². The molecule has 0 spiro atoms. The lowest BCUT2D eigenvalue weighted by Crippen LogP contribution is -2.05. The molecule has 17 heavy (non-hydrogen) atoms. The Morgan fingerprint density at radius 1 is 1.24 bits per heavy atom. The quantitative estimate of drug-likeness (QED) is 0.877. The standard InChI is InChI=1S/C14H15FN2/c1-10-7-12(5-6-17-10)13-4-3-11(9-16-2)8-14(13)15/h3-8,16H,9H2,1-2H3. The van der Waals surface area contributed by atoms with Crippen molar-refractivity contribution in [3.05, 3.63) is 53.6 Å². The maximum absolute atomic E-state index is 13.9. The minimum absolute atomic E-state index is 0.191. The van der Waals surface area contributed by atoms with Gasteiger partial charge in [0, 0.05) is 24.0 Å². The van der Waals surface area contributed by atoms with E-state index in [1.165, 1.54) is 0 Å². The van der Waals surface area contributed by atoms with Crippen LogP contribution in [-0.4, -0.2) is 12.0 Å². The lowest BCUT2D eigenvalue weighted by Gasteiger charge is -2.06. The summed E-state index contributed by atoms with van der Waals surface area (Å²) in [5, 5.41) is 3.00. The van der Waals surface area contributed by atoms with Crippen LogP contribution in [0, 0.1) is 12.7 Å². The Labute approximate surface area is 101 Å². The van der Waals surface area contributed by atoms with Gasteiger partial charge in [0.15, 0.2) is 0 Å². The molecule has 0 amide bonds. The van der Waals surface area contributed by atoms with Crippen LogP contribution < -0.4 is 5.32 Å². The molecule has 0 unspecified atom stereocenters. The van der Waals surface area contributed by atoms with Crippen LogP contribution in [0.2, 0.25) is 0 Å². The fourth-order valence-electron chi connectivity index (χ4n) is 1.82. The van der Waals surface area contributed by atoms with Crippen molar-refractivity contribution in [3.8, 4) is 11.1 Å². The van der Waals surface area contributed by atoms with Crippen LogP contribution in [-0.2, 0) is 6.54 Å². The molecule has 0 atom stereocenters. The van der Waals surface area contributed by atoms with E-state index >= 15 is 0 Å². The zero-order chi connectivity index (χ0) is 12.3. The second kappa shape index (κ2) is 5.06. The first kappa shape index (κ1) is 11.7. The number of aromatic nitrogens is 1. The minimum atomic E-state index is -0.191. The van der Waals surface area contributed by atoms with Gasteiger partial charge in [-0.3, -0.25) is 4.98 Å². The molecule has 2 aromatic rings. The average Bonchev–Trinajstić information content (AvgIpc) is 2.29. The predicted molar refractivity (Wildman–Crippen MR) is 67.1 cm³/mol. The van der Waals surface area contributed by atoms with Crippen molar-refractivity contribution in [2.24, 2.45) is 0 Å². The summed E-state index contributed by atoms with van der Waals surface area (Å²) in [6.45, 7) is 2.57. The molecule has 1 aromatic carbocycles. The van der Waals surface area contributed by atoms with Gasteiger partial charge in [0.05, 0.1) is 0 Å². The molecule has 3 heteroatoms. The first-order valence-corrected chi connectivity index (χ1v) is 5.57. The van der Waals surface area contributed by atoms with Crippen molar-refractivity contribution in [1.29, 1.82) is 0 Å². The summed E-state index contributed by atoms with van der Waals surface area (Å²) in [6, 6.07) is 9.03. The fourth-order valence-corrected chi connectivity index (χ4v) is 1.82. The van der Waals surface area contributed by atoms with Gasteiger partial charge in [-0.2, -0.15) is 0 Å². The lowest BCUT2D eigenvalue weighted by molar-refractivity contribution is 0.627. The molecule has 1 aromatic heterocycles. The van der Waals surface area contributed by atoms with E-state index in [1.54, 1.807) is 12.3 Å². The van der Waals surface area contributed by atoms with E-state index in [-0.39, 0.29) is 5.82 Å². The molecule has 2 nitrogen and oxygen atoms in total. The normalized spacial score (nSPS) is 10.5. The number of rotatable bonds is 3. The highest BCUT2D eigenvalue weighted by Crippen LogP contribution is 2.23. The Kier molecular flexibility index (Phi) is 3.49. The van der Waals surface area contributed by atoms with Gasteiger partial charge in [0.25, 0.3) is 0 Å². The van der Waals surface area contributed by atoms with Crippen LogP contribution in [0.4, 0.5) is 4.39 Å². The average molecular weight is 230 g/mol. The largest absolute Gasteiger partial charge is 0.316 e. The number of halogens is 1. The minimum Gasteiger partial charge on any atom is -0.316 e. The van der Waals surface area contributed by atoms with Crippen LogP contribution >= 0.6 is 0 Å². The second-order valence-electron chi connectivity index (χ2n) is 4.03. The van der Waals surface area contributed by atoms with E-state index in [9.17, 15) is 4.39 Å². The first-order valence-electron chi connectivity index (χ1n) is 5.57. The number of hydrogen-bond acceptors (Lipinski definition) is 2. The number of nitrogens with one attached hydrogen (secondary N) is 1. The first-order chi connectivity index (χ1) is 8.20. The molecule has 0 radical (unpaired) electrons. The summed E-state index contributed by atoms with van der Waals surface area (Å²) < 4.78 is 13.9. The fraction of sp³-hybridized carbons (Fsp3) is 0.214. The Morgan fingerprint density at radius 2 is 2.06 bits per heavy atom. The highest BCUT2D eigenvalue weighted by molar-refractivity contribution is 5.64. The molecule has 0 aliphatic rings. The van der Waals surface area contributed by atoms with Crippen LogP contribution in [0.5, 0.6) is 0 Å². The van der Waals surface area contributed by atoms with Crippen LogP contribution in [0.3, 0.4) is 0 Å². The summed E-state index contributed by atoms with van der Waals surface area (Å²) in [5.74, 6) is -0.191. The zero-order valence-electron chi connectivity index (χ0n) is 10.00. The van der Waals surface area contributed by atoms with Gasteiger partial charge in [-0.1, -0.05) is 12.1 Å². The summed E-state index contributed by atoms with van der Waals surface area (Å²) >= 11 is 0. The molecule has 0 saturated heterocycles. The smallest absolute Gasteiger partial charge is 0.131 e. The molecule has 0 aliphatic carbocycles. The third-order valence-corrected chi connectivity index (χ3v) is 2.62. The highest BCUT2D eigenvalue weighted by atomic mass is 19.1. The van der Waals surface area contributed by atoms with E-state index in [0.717, 1.165) is 16.8 Å². The highest BCUT2D eigenvalue weighted by Gasteiger charge is 2.06. The Hall–Kier alpha value is -1.74. The van der Waals surface area contributed by atoms with E-state index in [1.807, 2.05) is 38.2 Å². The molecule has 1 heterocycles. The second-order valence-corrected chi connectivity index (χ2v) is 4.03. The summed E-state index contributed by atoms with van der Waals surface area (Å²) in [5.41, 5.74) is 3.32. The molecular formula is C14H15FN2. The molecular weight excluding hydrogens is 215 g/mol. The molecule has 0 bridgehead atoms. The maximum atomic E-state index is 13.9. The molecule has 0 saturated carbocycles. The number of benzene rings is 1. The Balaban J connectivity index is 2.39. The SMILES string of the molecule is CNCc1ccc(-c2ccnc(C)c2)c(F)c1. The van der Waals surface area contributed by atoms with E-state index in [2.05, 4.69) is 10.3 Å². The van der Waals surface area contributed by atoms with Crippen LogP contribution in [0.25, 0.3) is 11.1 Å². The third-order valence-electron chi connectivity index (χ3n) is 2.62. The summed E-state index contributed by atoms with van der Waals surface area (Å²) in [7, 11) is 1.85. The monoisotopic (exact) mass is 230 g/mol. The summed E-state index contributed by atoms with van der Waals surface area (Å²) in [6.07, 6.45) is 1.70. The van der Waals surface area contributed by atoms with Gasteiger partial charge in [-0.25, -0.2) is 4.39 Å². The van der Waals surface area contributed by atoms with E-state index < -0.39 is 0 Å². The van der Waals surface area contributed by atoms with Crippen LogP contribution in [0.15, 0.2) is 36.5 Å². The van der Waals surface area contributed by atoms with Gasteiger partial charge < -0.3 is 5.32 Å². The predicted octanol–water partition coefficient (Wildman–Crippen LogP) is 2.92. The van der Waals surface area contributed by atoms with Crippen molar-refractivity contribution >= 4 is 0 Å². The van der Waals surface area contributed by atoms with Crippen molar-refractivity contribution in [1.82, 2.24) is 10.3 Å². The summed E-state index contributed by atoms with van der Waals surface area (Å²) in [4.78, 5) is 4.11. The van der Waals surface area contributed by atoms with Crippen molar-refractivity contribution in [2.45, 2.75) is 13.5 Å². The molecule has 2 rings (SSSR count).